The lowest BCUT2D eigenvalue weighted by molar-refractivity contribution is 0.551. The van der Waals surface area contributed by atoms with E-state index in [4.69, 9.17) is 0 Å². The van der Waals surface area contributed by atoms with Crippen molar-refractivity contribution in [1.29, 1.82) is 0 Å². The van der Waals surface area contributed by atoms with E-state index >= 15 is 0 Å². The van der Waals surface area contributed by atoms with Gasteiger partial charge in [-0.05, 0) is 78.3 Å². The van der Waals surface area contributed by atoms with E-state index in [1.165, 1.54) is 50.3 Å². The molecule has 1 nitrogen and oxygen atoms in total. The summed E-state index contributed by atoms with van der Waals surface area (Å²) < 4.78 is 0. The molecule has 0 N–H and O–H groups in total. The van der Waals surface area contributed by atoms with Crippen molar-refractivity contribution in [3.8, 4) is 22.3 Å². The first-order chi connectivity index (χ1) is 16.2. The Bertz CT molecular complexity index is 1340. The summed E-state index contributed by atoms with van der Waals surface area (Å²) in [5, 5.41) is 0. The van der Waals surface area contributed by atoms with Crippen molar-refractivity contribution < 1.29 is 0 Å². The first-order valence-electron chi connectivity index (χ1n) is 12.5. The zero-order valence-electron chi connectivity index (χ0n) is 21.3. The minimum atomic E-state index is -0.0980. The van der Waals surface area contributed by atoms with Crippen LogP contribution in [0.2, 0.25) is 0 Å². The Labute approximate surface area is 205 Å². The van der Waals surface area contributed by atoms with E-state index in [1.807, 2.05) is 0 Å². The molecular weight excluding hydrogens is 410 g/mol. The normalized spacial score (nSPS) is 13.9. The molecule has 0 saturated carbocycles. The van der Waals surface area contributed by atoms with Crippen molar-refractivity contribution in [3.63, 3.8) is 0 Å². The first-order valence-corrected chi connectivity index (χ1v) is 12.5. The highest BCUT2D eigenvalue weighted by atomic mass is 15.2. The molecule has 0 bridgehead atoms. The molecule has 172 valence electrons. The Kier molecular flexibility index (Phi) is 5.40. The predicted molar refractivity (Wildman–Crippen MR) is 147 cm³/mol. The number of fused-ring (bicyclic) bond motifs is 3. The molecule has 4 aromatic rings. The second kappa shape index (κ2) is 8.17. The fourth-order valence-electron chi connectivity index (χ4n) is 5.74. The van der Waals surface area contributed by atoms with Gasteiger partial charge in [0.25, 0.3) is 0 Å². The molecule has 1 heteroatoms. The third-order valence-corrected chi connectivity index (χ3v) is 7.26. The van der Waals surface area contributed by atoms with Crippen LogP contribution in [-0.2, 0) is 11.8 Å². The summed E-state index contributed by atoms with van der Waals surface area (Å²) in [6, 6.07) is 33.4. The van der Waals surface area contributed by atoms with Crippen LogP contribution in [0.1, 0.15) is 58.2 Å². The molecule has 0 spiro atoms. The summed E-state index contributed by atoms with van der Waals surface area (Å²) in [6.45, 7) is 14.0. The highest BCUT2D eigenvalue weighted by Gasteiger charge is 2.41. The summed E-state index contributed by atoms with van der Waals surface area (Å²) in [5.74, 6) is 0. The molecule has 0 radical (unpaired) electrons. The lowest BCUT2D eigenvalue weighted by atomic mass is 9.79. The Balaban J connectivity index is 1.78. The molecule has 0 unspecified atom stereocenters. The number of aryl methyl sites for hydroxylation is 1. The highest BCUT2D eigenvalue weighted by Crippen LogP contribution is 2.55. The fraction of sp³-hybridized carbons (Fsp3) is 0.273. The molecule has 0 fully saturated rings. The average molecular weight is 446 g/mol. The van der Waals surface area contributed by atoms with Gasteiger partial charge in [0.2, 0.25) is 0 Å². The van der Waals surface area contributed by atoms with Gasteiger partial charge in [0.15, 0.2) is 0 Å². The van der Waals surface area contributed by atoms with E-state index in [-0.39, 0.29) is 11.0 Å². The molecule has 0 aromatic heterocycles. The van der Waals surface area contributed by atoms with Crippen LogP contribution in [0.3, 0.4) is 0 Å². The second-order valence-corrected chi connectivity index (χ2v) is 10.9. The van der Waals surface area contributed by atoms with Gasteiger partial charge in [0.1, 0.15) is 0 Å². The topological polar surface area (TPSA) is 3.24 Å². The Hall–Kier alpha value is -3.32. The third-order valence-electron chi connectivity index (χ3n) is 7.26. The van der Waals surface area contributed by atoms with Gasteiger partial charge in [-0.2, -0.15) is 0 Å². The van der Waals surface area contributed by atoms with Crippen molar-refractivity contribution in [2.45, 2.75) is 58.9 Å². The molecule has 0 saturated heterocycles. The van der Waals surface area contributed by atoms with E-state index < -0.39 is 0 Å². The lowest BCUT2D eigenvalue weighted by Gasteiger charge is -2.42. The van der Waals surface area contributed by atoms with Crippen molar-refractivity contribution in [2.75, 3.05) is 4.90 Å². The molecule has 0 aliphatic heterocycles. The standard InChI is InChI=1S/C33H35N/c1-7-23-20-21-28-27-18-11-12-19-29(27)33(5,6)30(28)31(23)34(32(2,3)4)26-17-13-16-25(22-26)24-14-9-8-10-15-24/h8-22H,7H2,1-6H3. The maximum atomic E-state index is 2.59. The average Bonchev–Trinajstić information content (AvgIpc) is 3.06. The maximum Gasteiger partial charge on any atom is 0.0495 e. The summed E-state index contributed by atoms with van der Waals surface area (Å²) in [5.41, 5.74) is 12.0. The number of nitrogens with zero attached hydrogens (tertiary/aromatic N) is 1. The van der Waals surface area contributed by atoms with Gasteiger partial charge in [0.05, 0.1) is 0 Å². The molecule has 4 aromatic carbocycles. The molecule has 1 aliphatic rings. The van der Waals surface area contributed by atoms with Gasteiger partial charge in [-0.1, -0.05) is 99.6 Å². The number of hydrogen-bond acceptors (Lipinski definition) is 1. The Morgan fingerprint density at radius 2 is 1.38 bits per heavy atom. The van der Waals surface area contributed by atoms with E-state index in [1.54, 1.807) is 0 Å². The number of hydrogen-bond donors (Lipinski definition) is 0. The number of anilines is 2. The van der Waals surface area contributed by atoms with E-state index in [0.29, 0.717) is 0 Å². The summed E-state index contributed by atoms with van der Waals surface area (Å²) in [7, 11) is 0. The minimum absolute atomic E-state index is 0.0625. The van der Waals surface area contributed by atoms with Crippen molar-refractivity contribution in [3.05, 3.63) is 108 Å². The monoisotopic (exact) mass is 445 g/mol. The van der Waals surface area contributed by atoms with Crippen LogP contribution in [0, 0.1) is 0 Å². The lowest BCUT2D eigenvalue weighted by Crippen LogP contribution is -2.39. The largest absolute Gasteiger partial charge is 0.336 e. The molecule has 0 amide bonds. The number of benzene rings is 4. The van der Waals surface area contributed by atoms with E-state index in [2.05, 4.69) is 137 Å². The van der Waals surface area contributed by atoms with Crippen LogP contribution in [0.4, 0.5) is 11.4 Å². The van der Waals surface area contributed by atoms with Gasteiger partial charge in [-0.15, -0.1) is 0 Å². The first kappa shape index (κ1) is 22.5. The zero-order chi connectivity index (χ0) is 24.1. The third kappa shape index (κ3) is 3.55. The van der Waals surface area contributed by atoms with Gasteiger partial charge in [0, 0.05) is 22.3 Å². The smallest absolute Gasteiger partial charge is 0.0495 e. The van der Waals surface area contributed by atoms with Crippen molar-refractivity contribution >= 4 is 11.4 Å². The van der Waals surface area contributed by atoms with Crippen LogP contribution in [0.5, 0.6) is 0 Å². The van der Waals surface area contributed by atoms with Crippen LogP contribution < -0.4 is 4.90 Å². The van der Waals surface area contributed by atoms with E-state index in [0.717, 1.165) is 6.42 Å². The van der Waals surface area contributed by atoms with Crippen molar-refractivity contribution in [1.82, 2.24) is 0 Å². The van der Waals surface area contributed by atoms with E-state index in [9.17, 15) is 0 Å². The van der Waals surface area contributed by atoms with Gasteiger partial charge in [-0.3, -0.25) is 0 Å². The van der Waals surface area contributed by atoms with Crippen LogP contribution in [-0.4, -0.2) is 5.54 Å². The van der Waals surface area contributed by atoms with Gasteiger partial charge < -0.3 is 4.90 Å². The summed E-state index contributed by atoms with van der Waals surface area (Å²) in [4.78, 5) is 2.59. The molecule has 5 rings (SSSR count). The van der Waals surface area contributed by atoms with Gasteiger partial charge in [-0.25, -0.2) is 0 Å². The molecule has 0 atom stereocenters. The predicted octanol–water partition coefficient (Wildman–Crippen LogP) is 9.16. The molecule has 0 heterocycles. The molecular formula is C33H35N. The van der Waals surface area contributed by atoms with Gasteiger partial charge >= 0.3 is 0 Å². The highest BCUT2D eigenvalue weighted by molar-refractivity contribution is 5.90. The Morgan fingerprint density at radius 3 is 2.09 bits per heavy atom. The zero-order valence-corrected chi connectivity index (χ0v) is 21.3. The SMILES string of the molecule is CCc1ccc2c(c1N(c1cccc(-c3ccccc3)c1)C(C)(C)C)C(C)(C)c1ccccc1-2. The Morgan fingerprint density at radius 1 is 0.706 bits per heavy atom. The summed E-state index contributed by atoms with van der Waals surface area (Å²) >= 11 is 0. The van der Waals surface area contributed by atoms with Crippen LogP contribution >= 0.6 is 0 Å². The number of rotatable bonds is 4. The minimum Gasteiger partial charge on any atom is -0.336 e. The molecule has 34 heavy (non-hydrogen) atoms. The fourth-order valence-corrected chi connectivity index (χ4v) is 5.74. The second-order valence-electron chi connectivity index (χ2n) is 10.9. The van der Waals surface area contributed by atoms with Crippen LogP contribution in [0.25, 0.3) is 22.3 Å². The summed E-state index contributed by atoms with van der Waals surface area (Å²) in [6.07, 6.45) is 1.000. The quantitative estimate of drug-likeness (QED) is 0.303. The maximum absolute atomic E-state index is 2.59. The van der Waals surface area contributed by atoms with Crippen LogP contribution in [0.15, 0.2) is 91.0 Å². The van der Waals surface area contributed by atoms with Crippen molar-refractivity contribution in [2.24, 2.45) is 0 Å². The molecule has 1 aliphatic carbocycles.